The fourth-order valence-corrected chi connectivity index (χ4v) is 2.44. The highest BCUT2D eigenvalue weighted by molar-refractivity contribution is 9.10. The molecule has 0 saturated heterocycles. The molecule has 0 unspecified atom stereocenters. The van der Waals surface area contributed by atoms with Crippen LogP contribution in [0.3, 0.4) is 0 Å². The highest BCUT2D eigenvalue weighted by Gasteiger charge is 2.10. The van der Waals surface area contributed by atoms with E-state index in [0.717, 1.165) is 23.3 Å². The van der Waals surface area contributed by atoms with Crippen LogP contribution in [-0.2, 0) is 4.79 Å². The van der Waals surface area contributed by atoms with E-state index in [0.29, 0.717) is 18.8 Å². The van der Waals surface area contributed by atoms with Crippen LogP contribution in [0.4, 0.5) is 5.82 Å². The predicted molar refractivity (Wildman–Crippen MR) is 81.7 cm³/mol. The van der Waals surface area contributed by atoms with Crippen molar-refractivity contribution in [1.29, 1.82) is 0 Å². The Bertz CT molecular complexity index is 593. The second kappa shape index (κ2) is 6.69. The molecular formula is C13H18BrN5O. The highest BCUT2D eigenvalue weighted by Crippen LogP contribution is 2.16. The van der Waals surface area contributed by atoms with Crippen LogP contribution < -0.4 is 5.32 Å². The number of carbonyl (C=O) groups excluding carboxylic acids is 1. The number of aromatic nitrogens is 3. The van der Waals surface area contributed by atoms with E-state index in [1.54, 1.807) is 6.20 Å². The summed E-state index contributed by atoms with van der Waals surface area (Å²) in [6.45, 7) is 6.00. The molecule has 2 heterocycles. The minimum Gasteiger partial charge on any atom is -0.366 e. The van der Waals surface area contributed by atoms with E-state index in [2.05, 4.69) is 31.2 Å². The van der Waals surface area contributed by atoms with Crippen molar-refractivity contribution in [2.75, 3.05) is 25.0 Å². The second-order valence-corrected chi connectivity index (χ2v) is 5.13. The van der Waals surface area contributed by atoms with Gasteiger partial charge in [-0.2, -0.15) is 0 Å². The van der Waals surface area contributed by atoms with Crippen LogP contribution in [0, 0.1) is 0 Å². The molecule has 2 aromatic rings. The van der Waals surface area contributed by atoms with Gasteiger partial charge in [0.1, 0.15) is 4.60 Å². The number of imidazole rings is 1. The maximum Gasteiger partial charge on any atom is 0.224 e. The van der Waals surface area contributed by atoms with E-state index in [4.69, 9.17) is 0 Å². The summed E-state index contributed by atoms with van der Waals surface area (Å²) >= 11 is 3.36. The first kappa shape index (κ1) is 14.8. The van der Waals surface area contributed by atoms with Gasteiger partial charge >= 0.3 is 0 Å². The maximum atomic E-state index is 11.9. The lowest BCUT2D eigenvalue weighted by atomic mass is 10.3. The Balaban J connectivity index is 1.99. The van der Waals surface area contributed by atoms with Gasteiger partial charge in [0.2, 0.25) is 5.91 Å². The van der Waals surface area contributed by atoms with Gasteiger partial charge in [-0.25, -0.2) is 9.97 Å². The number of carbonyl (C=O) groups is 1. The Morgan fingerprint density at radius 3 is 2.90 bits per heavy atom. The van der Waals surface area contributed by atoms with Crippen molar-refractivity contribution in [2.45, 2.75) is 20.3 Å². The van der Waals surface area contributed by atoms with Gasteiger partial charge in [0.05, 0.1) is 0 Å². The zero-order valence-electron chi connectivity index (χ0n) is 11.6. The third kappa shape index (κ3) is 3.27. The minimum absolute atomic E-state index is 0.150. The predicted octanol–water partition coefficient (Wildman–Crippen LogP) is 2.16. The maximum absolute atomic E-state index is 11.9. The minimum atomic E-state index is 0.150. The van der Waals surface area contributed by atoms with E-state index >= 15 is 0 Å². The highest BCUT2D eigenvalue weighted by atomic mass is 79.9. The van der Waals surface area contributed by atoms with E-state index < -0.39 is 0 Å². The summed E-state index contributed by atoms with van der Waals surface area (Å²) < 4.78 is 2.60. The van der Waals surface area contributed by atoms with Crippen LogP contribution in [0.1, 0.15) is 20.3 Å². The quantitative estimate of drug-likeness (QED) is 0.875. The van der Waals surface area contributed by atoms with Crippen molar-refractivity contribution < 1.29 is 4.79 Å². The molecule has 0 atom stereocenters. The number of rotatable bonds is 6. The summed E-state index contributed by atoms with van der Waals surface area (Å²) in [5.74, 6) is 0.827. The normalized spacial score (nSPS) is 10.8. The van der Waals surface area contributed by atoms with E-state index in [1.807, 2.05) is 35.5 Å². The van der Waals surface area contributed by atoms with Gasteiger partial charge in [0.25, 0.3) is 0 Å². The van der Waals surface area contributed by atoms with Crippen molar-refractivity contribution in [1.82, 2.24) is 19.3 Å². The smallest absolute Gasteiger partial charge is 0.224 e. The largest absolute Gasteiger partial charge is 0.366 e. The van der Waals surface area contributed by atoms with Crippen LogP contribution in [0.15, 0.2) is 23.2 Å². The fourth-order valence-electron chi connectivity index (χ4n) is 2.04. The zero-order chi connectivity index (χ0) is 14.5. The Morgan fingerprint density at radius 2 is 2.20 bits per heavy atom. The zero-order valence-corrected chi connectivity index (χ0v) is 13.2. The third-order valence-electron chi connectivity index (χ3n) is 3.09. The van der Waals surface area contributed by atoms with Crippen molar-refractivity contribution in [2.24, 2.45) is 0 Å². The number of halogens is 1. The van der Waals surface area contributed by atoms with Crippen LogP contribution >= 0.6 is 15.9 Å². The molecule has 0 radical (unpaired) electrons. The lowest BCUT2D eigenvalue weighted by Gasteiger charge is -2.18. The van der Waals surface area contributed by atoms with Crippen LogP contribution in [0.25, 0.3) is 5.65 Å². The van der Waals surface area contributed by atoms with Crippen LogP contribution in [0.2, 0.25) is 0 Å². The van der Waals surface area contributed by atoms with Crippen molar-refractivity contribution in [3.63, 3.8) is 0 Å². The lowest BCUT2D eigenvalue weighted by Crippen LogP contribution is -2.31. The second-order valence-electron chi connectivity index (χ2n) is 4.31. The molecule has 0 aromatic carbocycles. The van der Waals surface area contributed by atoms with Gasteiger partial charge < -0.3 is 14.6 Å². The van der Waals surface area contributed by atoms with Gasteiger partial charge in [-0.15, -0.1) is 0 Å². The summed E-state index contributed by atoms with van der Waals surface area (Å²) in [5.41, 5.74) is 0.753. The van der Waals surface area contributed by atoms with E-state index in [9.17, 15) is 4.79 Å². The number of anilines is 1. The fraction of sp³-hybridized carbons (Fsp3) is 0.462. The number of hydrogen-bond acceptors (Lipinski definition) is 4. The summed E-state index contributed by atoms with van der Waals surface area (Å²) in [4.78, 5) is 22.3. The molecule has 0 bridgehead atoms. The molecule has 7 heteroatoms. The number of amides is 1. The molecule has 6 nitrogen and oxygen atoms in total. The summed E-state index contributed by atoms with van der Waals surface area (Å²) in [7, 11) is 0. The standard InChI is InChI=1S/C13H18BrN5O/c1-3-18(4-2)11(20)5-6-15-12-13-16-7-8-19(13)9-10(14)17-12/h7-9H,3-6H2,1-2H3,(H,15,17). The third-order valence-corrected chi connectivity index (χ3v) is 3.47. The Morgan fingerprint density at radius 1 is 1.45 bits per heavy atom. The number of nitrogens with one attached hydrogen (secondary N) is 1. The Hall–Kier alpha value is -1.63. The molecule has 20 heavy (non-hydrogen) atoms. The van der Waals surface area contributed by atoms with E-state index in [1.165, 1.54) is 0 Å². The first-order chi connectivity index (χ1) is 9.65. The van der Waals surface area contributed by atoms with Gasteiger partial charge in [0.15, 0.2) is 11.5 Å². The average molecular weight is 340 g/mol. The van der Waals surface area contributed by atoms with Crippen molar-refractivity contribution >= 4 is 33.3 Å². The molecule has 2 aromatic heterocycles. The topological polar surface area (TPSA) is 62.5 Å². The molecule has 0 aliphatic rings. The number of hydrogen-bond donors (Lipinski definition) is 1. The monoisotopic (exact) mass is 339 g/mol. The molecule has 0 aliphatic carbocycles. The van der Waals surface area contributed by atoms with Crippen molar-refractivity contribution in [3.8, 4) is 0 Å². The van der Waals surface area contributed by atoms with Gasteiger partial charge in [-0.05, 0) is 29.8 Å². The summed E-state index contributed by atoms with van der Waals surface area (Å²) in [5, 5.41) is 3.18. The Kier molecular flexibility index (Phi) is 4.94. The van der Waals surface area contributed by atoms with Crippen molar-refractivity contribution in [3.05, 3.63) is 23.2 Å². The van der Waals surface area contributed by atoms with E-state index in [-0.39, 0.29) is 5.91 Å². The summed E-state index contributed by atoms with van der Waals surface area (Å²) in [6, 6.07) is 0. The van der Waals surface area contributed by atoms with Crippen LogP contribution in [-0.4, -0.2) is 44.8 Å². The SMILES string of the molecule is CCN(CC)C(=O)CCNc1nc(Br)cn2ccnc12. The molecule has 0 saturated carbocycles. The lowest BCUT2D eigenvalue weighted by molar-refractivity contribution is -0.130. The van der Waals surface area contributed by atoms with Gasteiger partial charge in [-0.1, -0.05) is 0 Å². The number of nitrogens with zero attached hydrogens (tertiary/aromatic N) is 4. The first-order valence-corrected chi connectivity index (χ1v) is 7.45. The first-order valence-electron chi connectivity index (χ1n) is 6.66. The average Bonchev–Trinajstić information content (AvgIpc) is 2.88. The molecule has 0 spiro atoms. The number of fused-ring (bicyclic) bond motifs is 1. The Labute approximate surface area is 126 Å². The molecule has 1 N–H and O–H groups in total. The molecule has 1 amide bonds. The molecule has 0 aliphatic heterocycles. The van der Waals surface area contributed by atoms with Gasteiger partial charge in [0, 0.05) is 44.6 Å². The summed E-state index contributed by atoms with van der Waals surface area (Å²) in [6.07, 6.45) is 5.86. The van der Waals surface area contributed by atoms with Gasteiger partial charge in [-0.3, -0.25) is 4.79 Å². The molecule has 2 rings (SSSR count). The molecule has 108 valence electrons. The molecular weight excluding hydrogens is 322 g/mol. The molecule has 0 fully saturated rings. The van der Waals surface area contributed by atoms with Crippen LogP contribution in [0.5, 0.6) is 0 Å².